The summed E-state index contributed by atoms with van der Waals surface area (Å²) in [6.45, 7) is 3.58. The van der Waals surface area contributed by atoms with Crippen molar-refractivity contribution >= 4 is 31.9 Å². The van der Waals surface area contributed by atoms with Crippen LogP contribution in [0.3, 0.4) is 0 Å². The van der Waals surface area contributed by atoms with Gasteiger partial charge in [0.1, 0.15) is 5.75 Å². The van der Waals surface area contributed by atoms with Crippen molar-refractivity contribution in [2.45, 2.75) is 13.0 Å². The summed E-state index contributed by atoms with van der Waals surface area (Å²) in [6, 6.07) is 4.08. The summed E-state index contributed by atoms with van der Waals surface area (Å²) >= 11 is 7.01. The predicted molar refractivity (Wildman–Crippen MR) is 79.0 cm³/mol. The van der Waals surface area contributed by atoms with Gasteiger partial charge < -0.3 is 14.8 Å². The van der Waals surface area contributed by atoms with Crippen LogP contribution in [-0.4, -0.2) is 26.9 Å². The van der Waals surface area contributed by atoms with Crippen LogP contribution < -0.4 is 10.1 Å². The van der Waals surface area contributed by atoms with E-state index in [4.69, 9.17) is 9.47 Å². The lowest BCUT2D eigenvalue weighted by atomic mass is 10.1. The Bertz CT molecular complexity index is 406. The molecule has 0 bridgehead atoms. The van der Waals surface area contributed by atoms with Gasteiger partial charge in [-0.15, -0.1) is 0 Å². The molecule has 100 valence electrons. The molecule has 1 fully saturated rings. The standard InChI is InChI=1S/C13H17Br2NO2/c1-17-13-10(4-11(14)5-12(13)15)7-16-6-9-2-3-18-8-9/h4-5,9,16H,2-3,6-8H2,1H3. The fourth-order valence-electron chi connectivity index (χ4n) is 2.13. The van der Waals surface area contributed by atoms with Gasteiger partial charge in [-0.1, -0.05) is 15.9 Å². The average Bonchev–Trinajstić information content (AvgIpc) is 2.81. The first-order chi connectivity index (χ1) is 8.70. The van der Waals surface area contributed by atoms with E-state index in [9.17, 15) is 0 Å². The number of rotatable bonds is 5. The van der Waals surface area contributed by atoms with Gasteiger partial charge in [0, 0.05) is 29.7 Å². The van der Waals surface area contributed by atoms with Crippen molar-refractivity contribution in [3.8, 4) is 5.75 Å². The van der Waals surface area contributed by atoms with Crippen LogP contribution in [0.2, 0.25) is 0 Å². The Kier molecular flexibility index (Phi) is 5.48. The first-order valence-corrected chi connectivity index (χ1v) is 7.59. The summed E-state index contributed by atoms with van der Waals surface area (Å²) in [7, 11) is 1.70. The number of benzene rings is 1. The molecule has 0 spiro atoms. The van der Waals surface area contributed by atoms with E-state index in [-0.39, 0.29) is 0 Å². The second kappa shape index (κ2) is 6.89. The fraction of sp³-hybridized carbons (Fsp3) is 0.538. The predicted octanol–water partition coefficient (Wildman–Crippen LogP) is 3.35. The minimum Gasteiger partial charge on any atom is -0.495 e. The second-order valence-electron chi connectivity index (χ2n) is 4.44. The Morgan fingerprint density at radius 2 is 2.28 bits per heavy atom. The zero-order chi connectivity index (χ0) is 13.0. The van der Waals surface area contributed by atoms with E-state index in [0.717, 1.165) is 53.0 Å². The third-order valence-electron chi connectivity index (χ3n) is 3.06. The highest BCUT2D eigenvalue weighted by molar-refractivity contribution is 9.11. The summed E-state index contributed by atoms with van der Waals surface area (Å²) in [5.74, 6) is 1.54. The maximum absolute atomic E-state index is 5.42. The third kappa shape index (κ3) is 3.70. The van der Waals surface area contributed by atoms with E-state index < -0.39 is 0 Å². The van der Waals surface area contributed by atoms with Crippen molar-refractivity contribution in [2.75, 3.05) is 26.9 Å². The lowest BCUT2D eigenvalue weighted by Crippen LogP contribution is -2.22. The maximum atomic E-state index is 5.42. The Balaban J connectivity index is 1.95. The van der Waals surface area contributed by atoms with Crippen LogP contribution in [0, 0.1) is 5.92 Å². The highest BCUT2D eigenvalue weighted by Gasteiger charge is 2.15. The van der Waals surface area contributed by atoms with Crippen molar-refractivity contribution in [3.63, 3.8) is 0 Å². The molecular weight excluding hydrogens is 362 g/mol. The molecule has 0 amide bonds. The molecule has 1 saturated heterocycles. The van der Waals surface area contributed by atoms with Gasteiger partial charge in [0.15, 0.2) is 0 Å². The molecule has 18 heavy (non-hydrogen) atoms. The molecule has 0 aromatic heterocycles. The van der Waals surface area contributed by atoms with Gasteiger partial charge in [-0.05, 0) is 40.4 Å². The molecule has 1 aromatic rings. The number of halogens is 2. The molecule has 1 unspecified atom stereocenters. The molecule has 1 aliphatic heterocycles. The zero-order valence-electron chi connectivity index (χ0n) is 10.3. The molecule has 3 nitrogen and oxygen atoms in total. The number of hydrogen-bond donors (Lipinski definition) is 1. The molecule has 1 heterocycles. The monoisotopic (exact) mass is 377 g/mol. The third-order valence-corrected chi connectivity index (χ3v) is 4.11. The van der Waals surface area contributed by atoms with Gasteiger partial charge in [-0.25, -0.2) is 0 Å². The van der Waals surface area contributed by atoms with Crippen LogP contribution in [0.1, 0.15) is 12.0 Å². The van der Waals surface area contributed by atoms with E-state index in [1.807, 2.05) is 6.07 Å². The quantitative estimate of drug-likeness (QED) is 0.852. The second-order valence-corrected chi connectivity index (χ2v) is 6.21. The molecule has 2 rings (SSSR count). The lowest BCUT2D eigenvalue weighted by molar-refractivity contribution is 0.185. The summed E-state index contributed by atoms with van der Waals surface area (Å²) in [5, 5.41) is 3.47. The highest BCUT2D eigenvalue weighted by Crippen LogP contribution is 2.32. The molecule has 1 aliphatic rings. The van der Waals surface area contributed by atoms with Crippen LogP contribution in [0.15, 0.2) is 21.1 Å². The Labute approximate surface area is 124 Å². The minimum atomic E-state index is 0.645. The van der Waals surface area contributed by atoms with Crippen LogP contribution in [0.4, 0.5) is 0 Å². The van der Waals surface area contributed by atoms with Crippen molar-refractivity contribution in [1.82, 2.24) is 5.32 Å². The van der Waals surface area contributed by atoms with Gasteiger partial charge in [0.25, 0.3) is 0 Å². The highest BCUT2D eigenvalue weighted by atomic mass is 79.9. The van der Waals surface area contributed by atoms with Gasteiger partial charge in [0.05, 0.1) is 18.2 Å². The minimum absolute atomic E-state index is 0.645. The van der Waals surface area contributed by atoms with Crippen LogP contribution in [0.25, 0.3) is 0 Å². The van der Waals surface area contributed by atoms with E-state index in [0.29, 0.717) is 5.92 Å². The Morgan fingerprint density at radius 1 is 1.44 bits per heavy atom. The molecule has 1 N–H and O–H groups in total. The number of methoxy groups -OCH3 is 1. The molecular formula is C13H17Br2NO2. The van der Waals surface area contributed by atoms with E-state index in [2.05, 4.69) is 43.2 Å². The van der Waals surface area contributed by atoms with Crippen molar-refractivity contribution < 1.29 is 9.47 Å². The van der Waals surface area contributed by atoms with Gasteiger partial charge in [-0.3, -0.25) is 0 Å². The van der Waals surface area contributed by atoms with Gasteiger partial charge in [-0.2, -0.15) is 0 Å². The number of ether oxygens (including phenoxy) is 2. The van der Waals surface area contributed by atoms with Crippen LogP contribution in [-0.2, 0) is 11.3 Å². The first-order valence-electron chi connectivity index (χ1n) is 6.01. The average molecular weight is 379 g/mol. The maximum Gasteiger partial charge on any atom is 0.137 e. The summed E-state index contributed by atoms with van der Waals surface area (Å²) in [6.07, 6.45) is 1.16. The molecule has 1 atom stereocenters. The normalized spacial score (nSPS) is 19.2. The molecule has 0 aliphatic carbocycles. The van der Waals surface area contributed by atoms with Crippen LogP contribution in [0.5, 0.6) is 5.75 Å². The van der Waals surface area contributed by atoms with Crippen LogP contribution >= 0.6 is 31.9 Å². The largest absolute Gasteiger partial charge is 0.495 e. The number of nitrogens with one attached hydrogen (secondary N) is 1. The first kappa shape index (κ1) is 14.3. The smallest absolute Gasteiger partial charge is 0.137 e. The zero-order valence-corrected chi connectivity index (χ0v) is 13.5. The van der Waals surface area contributed by atoms with E-state index >= 15 is 0 Å². The van der Waals surface area contributed by atoms with Crippen molar-refractivity contribution in [3.05, 3.63) is 26.6 Å². The fourth-order valence-corrected chi connectivity index (χ4v) is 3.60. The van der Waals surface area contributed by atoms with Gasteiger partial charge >= 0.3 is 0 Å². The summed E-state index contributed by atoms with van der Waals surface area (Å²) in [4.78, 5) is 0. The molecule has 5 heteroatoms. The molecule has 0 saturated carbocycles. The lowest BCUT2D eigenvalue weighted by Gasteiger charge is -2.14. The molecule has 0 radical (unpaired) electrons. The van der Waals surface area contributed by atoms with E-state index in [1.165, 1.54) is 0 Å². The van der Waals surface area contributed by atoms with Crippen molar-refractivity contribution in [2.24, 2.45) is 5.92 Å². The summed E-state index contributed by atoms with van der Waals surface area (Å²) in [5.41, 5.74) is 1.15. The van der Waals surface area contributed by atoms with E-state index in [1.54, 1.807) is 7.11 Å². The number of hydrogen-bond acceptors (Lipinski definition) is 3. The Morgan fingerprint density at radius 3 is 2.94 bits per heavy atom. The van der Waals surface area contributed by atoms with Gasteiger partial charge in [0.2, 0.25) is 0 Å². The van der Waals surface area contributed by atoms with Crippen molar-refractivity contribution in [1.29, 1.82) is 0 Å². The summed E-state index contributed by atoms with van der Waals surface area (Å²) < 4.78 is 12.8. The Hall–Kier alpha value is -0.100. The molecule has 1 aromatic carbocycles. The SMILES string of the molecule is COc1c(Br)cc(Br)cc1CNCC1CCOC1. The topological polar surface area (TPSA) is 30.5 Å².